The molecule has 0 bridgehead atoms. The van der Waals surface area contributed by atoms with E-state index in [1.807, 2.05) is 0 Å². The second-order valence-corrected chi connectivity index (χ2v) is 4.81. The molecule has 1 amide bonds. The number of halogens is 2. The molecule has 20 heavy (non-hydrogen) atoms. The maximum absolute atomic E-state index is 11.8. The molecule has 2 aromatic carbocycles. The zero-order valence-electron chi connectivity index (χ0n) is 10.3. The first-order chi connectivity index (χ1) is 9.56. The average molecular weight is 308 g/mol. The van der Waals surface area contributed by atoms with E-state index in [9.17, 15) is 4.79 Å². The summed E-state index contributed by atoms with van der Waals surface area (Å²) >= 11 is 11.7. The van der Waals surface area contributed by atoms with Crippen molar-refractivity contribution < 1.29 is 4.79 Å². The Morgan fingerprint density at radius 1 is 1.15 bits per heavy atom. The highest BCUT2D eigenvalue weighted by molar-refractivity contribution is 6.42. The molecule has 4 nitrogen and oxygen atoms in total. The number of rotatable bonds is 3. The van der Waals surface area contributed by atoms with Gasteiger partial charge < -0.3 is 5.73 Å². The van der Waals surface area contributed by atoms with Gasteiger partial charge in [-0.1, -0.05) is 35.3 Å². The lowest BCUT2D eigenvalue weighted by Gasteiger charge is -2.01. The van der Waals surface area contributed by atoms with Crippen LogP contribution in [0.2, 0.25) is 10.0 Å². The van der Waals surface area contributed by atoms with Crippen molar-refractivity contribution in [3.05, 3.63) is 63.6 Å². The molecule has 0 heterocycles. The summed E-state index contributed by atoms with van der Waals surface area (Å²) in [5, 5.41) is 4.75. The molecule has 0 atom stereocenters. The number of nitrogens with zero attached hydrogens (tertiary/aromatic N) is 1. The van der Waals surface area contributed by atoms with Crippen molar-refractivity contribution in [3.63, 3.8) is 0 Å². The number of hydrogen-bond donors (Lipinski definition) is 2. The number of nitrogens with one attached hydrogen (secondary N) is 1. The molecule has 2 aromatic rings. The Morgan fingerprint density at radius 2 is 1.95 bits per heavy atom. The van der Waals surface area contributed by atoms with Crippen molar-refractivity contribution in [1.29, 1.82) is 0 Å². The van der Waals surface area contributed by atoms with Crippen LogP contribution >= 0.6 is 23.2 Å². The highest BCUT2D eigenvalue weighted by atomic mass is 35.5. The standard InChI is InChI=1S/C14H11Cl2N3O/c15-12-5-4-9(6-13(12)16)8-18-19-14(20)10-2-1-3-11(17)7-10/h1-8H,17H2,(H,19,20)/b18-8-. The van der Waals surface area contributed by atoms with Crippen molar-refractivity contribution in [2.24, 2.45) is 5.10 Å². The molecule has 0 radical (unpaired) electrons. The van der Waals surface area contributed by atoms with Crippen LogP contribution in [0.15, 0.2) is 47.6 Å². The Balaban J connectivity index is 2.02. The van der Waals surface area contributed by atoms with E-state index in [2.05, 4.69) is 10.5 Å². The molecule has 6 heteroatoms. The van der Waals surface area contributed by atoms with E-state index in [1.165, 1.54) is 6.21 Å². The van der Waals surface area contributed by atoms with Gasteiger partial charge in [0.05, 0.1) is 16.3 Å². The van der Waals surface area contributed by atoms with E-state index >= 15 is 0 Å². The molecule has 0 aliphatic carbocycles. The van der Waals surface area contributed by atoms with E-state index in [0.717, 1.165) is 5.56 Å². The van der Waals surface area contributed by atoms with Crippen LogP contribution in [0.25, 0.3) is 0 Å². The molecule has 0 aliphatic heterocycles. The summed E-state index contributed by atoms with van der Waals surface area (Å²) in [7, 11) is 0. The lowest BCUT2D eigenvalue weighted by Crippen LogP contribution is -2.17. The fraction of sp³-hybridized carbons (Fsp3) is 0. The topological polar surface area (TPSA) is 67.5 Å². The predicted octanol–water partition coefficient (Wildman–Crippen LogP) is 3.34. The first-order valence-corrected chi connectivity index (χ1v) is 6.46. The van der Waals surface area contributed by atoms with E-state index in [-0.39, 0.29) is 5.91 Å². The number of hydrogen-bond acceptors (Lipinski definition) is 3. The number of anilines is 1. The number of carbonyl (C=O) groups excluding carboxylic acids is 1. The Kier molecular flexibility index (Phi) is 4.61. The van der Waals surface area contributed by atoms with Crippen molar-refractivity contribution in [1.82, 2.24) is 5.43 Å². The fourth-order valence-corrected chi connectivity index (χ4v) is 1.81. The minimum absolute atomic E-state index is 0.339. The van der Waals surface area contributed by atoms with Gasteiger partial charge in [-0.05, 0) is 35.9 Å². The highest BCUT2D eigenvalue weighted by Crippen LogP contribution is 2.21. The van der Waals surface area contributed by atoms with E-state index in [0.29, 0.717) is 21.3 Å². The van der Waals surface area contributed by atoms with Crippen LogP contribution in [0.1, 0.15) is 15.9 Å². The van der Waals surface area contributed by atoms with E-state index in [1.54, 1.807) is 42.5 Å². The van der Waals surface area contributed by atoms with Crippen LogP contribution in [-0.4, -0.2) is 12.1 Å². The quantitative estimate of drug-likeness (QED) is 0.519. The second-order valence-electron chi connectivity index (χ2n) is 4.00. The summed E-state index contributed by atoms with van der Waals surface area (Å²) < 4.78 is 0. The Bertz CT molecular complexity index is 671. The average Bonchev–Trinajstić information content (AvgIpc) is 2.42. The summed E-state index contributed by atoms with van der Waals surface area (Å²) in [4.78, 5) is 11.8. The lowest BCUT2D eigenvalue weighted by atomic mass is 10.2. The number of benzene rings is 2. The SMILES string of the molecule is Nc1cccc(C(=O)N/N=C\c2ccc(Cl)c(Cl)c2)c1. The first-order valence-electron chi connectivity index (χ1n) is 5.70. The smallest absolute Gasteiger partial charge is 0.271 e. The molecule has 102 valence electrons. The molecular weight excluding hydrogens is 297 g/mol. The van der Waals surface area contributed by atoms with Crippen molar-refractivity contribution >= 4 is 41.0 Å². The fourth-order valence-electron chi connectivity index (χ4n) is 1.50. The van der Waals surface area contributed by atoms with Gasteiger partial charge in [0.2, 0.25) is 0 Å². The van der Waals surface area contributed by atoms with Crippen molar-refractivity contribution in [3.8, 4) is 0 Å². The molecule has 0 saturated carbocycles. The summed E-state index contributed by atoms with van der Waals surface area (Å²) in [5.41, 5.74) is 9.70. The highest BCUT2D eigenvalue weighted by Gasteiger charge is 2.03. The largest absolute Gasteiger partial charge is 0.399 e. The van der Waals surface area contributed by atoms with Crippen LogP contribution in [0.3, 0.4) is 0 Å². The van der Waals surface area contributed by atoms with Crippen molar-refractivity contribution in [2.45, 2.75) is 0 Å². The molecule has 0 unspecified atom stereocenters. The van der Waals surface area contributed by atoms with Crippen molar-refractivity contribution in [2.75, 3.05) is 5.73 Å². The van der Waals surface area contributed by atoms with Gasteiger partial charge in [0.15, 0.2) is 0 Å². The lowest BCUT2D eigenvalue weighted by molar-refractivity contribution is 0.0955. The summed E-state index contributed by atoms with van der Waals surface area (Å²) in [6.45, 7) is 0. The molecule has 0 spiro atoms. The van der Waals surface area contributed by atoms with Gasteiger partial charge in [0, 0.05) is 11.3 Å². The van der Waals surface area contributed by atoms with Crippen LogP contribution in [-0.2, 0) is 0 Å². The predicted molar refractivity (Wildman–Crippen MR) is 82.4 cm³/mol. The zero-order valence-corrected chi connectivity index (χ0v) is 11.8. The molecule has 0 aromatic heterocycles. The Morgan fingerprint density at radius 3 is 2.65 bits per heavy atom. The molecule has 0 saturated heterocycles. The normalized spacial score (nSPS) is 10.7. The van der Waals surface area contributed by atoms with E-state index in [4.69, 9.17) is 28.9 Å². The van der Waals surface area contributed by atoms with Gasteiger partial charge in [-0.3, -0.25) is 4.79 Å². The number of hydrazone groups is 1. The maximum atomic E-state index is 11.8. The monoisotopic (exact) mass is 307 g/mol. The van der Waals surface area contributed by atoms with Crippen LogP contribution in [0.4, 0.5) is 5.69 Å². The summed E-state index contributed by atoms with van der Waals surface area (Å²) in [6.07, 6.45) is 1.48. The van der Waals surface area contributed by atoms with Crippen LogP contribution in [0.5, 0.6) is 0 Å². The minimum Gasteiger partial charge on any atom is -0.399 e. The van der Waals surface area contributed by atoms with Gasteiger partial charge in [0.25, 0.3) is 5.91 Å². The zero-order chi connectivity index (χ0) is 14.5. The third-order valence-electron chi connectivity index (χ3n) is 2.47. The first kappa shape index (κ1) is 14.4. The van der Waals surface area contributed by atoms with Crippen LogP contribution in [0, 0.1) is 0 Å². The minimum atomic E-state index is -0.339. The van der Waals surface area contributed by atoms with Gasteiger partial charge in [-0.25, -0.2) is 5.43 Å². The van der Waals surface area contributed by atoms with Gasteiger partial charge in [-0.15, -0.1) is 0 Å². The van der Waals surface area contributed by atoms with E-state index < -0.39 is 0 Å². The Hall–Kier alpha value is -2.04. The number of nitrogen functional groups attached to an aromatic ring is 1. The number of carbonyl (C=O) groups is 1. The third-order valence-corrected chi connectivity index (χ3v) is 3.21. The summed E-state index contributed by atoms with van der Waals surface area (Å²) in [5.74, 6) is -0.339. The number of amides is 1. The number of nitrogens with two attached hydrogens (primary N) is 1. The summed E-state index contributed by atoms with van der Waals surface area (Å²) in [6, 6.07) is 11.7. The van der Waals surface area contributed by atoms with Crippen LogP contribution < -0.4 is 11.2 Å². The van der Waals surface area contributed by atoms with Gasteiger partial charge >= 0.3 is 0 Å². The molecule has 3 N–H and O–H groups in total. The molecule has 0 aliphatic rings. The molecule has 2 rings (SSSR count). The maximum Gasteiger partial charge on any atom is 0.271 e. The third kappa shape index (κ3) is 3.73. The second kappa shape index (κ2) is 6.41. The van der Waals surface area contributed by atoms with Gasteiger partial charge in [-0.2, -0.15) is 5.10 Å². The molecular formula is C14H11Cl2N3O. The Labute approximate surface area is 126 Å². The van der Waals surface area contributed by atoms with Gasteiger partial charge in [0.1, 0.15) is 0 Å². The molecule has 0 fully saturated rings.